The summed E-state index contributed by atoms with van der Waals surface area (Å²) >= 11 is 0. The van der Waals surface area contributed by atoms with Crippen LogP contribution >= 0.6 is 0 Å². The van der Waals surface area contributed by atoms with Crippen LogP contribution in [0.1, 0.15) is 0 Å². The van der Waals surface area contributed by atoms with E-state index in [2.05, 4.69) is 22.8 Å². The highest BCUT2D eigenvalue weighted by molar-refractivity contribution is 5.94. The molecule has 3 aromatic rings. The number of hydrogen-bond donors (Lipinski definition) is 2. The lowest BCUT2D eigenvalue weighted by Crippen LogP contribution is -2.21. The van der Waals surface area contributed by atoms with Crippen molar-refractivity contribution in [3.63, 3.8) is 0 Å². The third-order valence-electron chi connectivity index (χ3n) is 4.39. The van der Waals surface area contributed by atoms with E-state index in [1.54, 1.807) is 12.1 Å². The average molecular weight is 392 g/mol. The number of benzene rings is 3. The second kappa shape index (κ2) is 9.50. The van der Waals surface area contributed by atoms with Gasteiger partial charge < -0.3 is 24.8 Å². The molecule has 0 fully saturated rings. The topological polar surface area (TPSA) is 68.8 Å². The van der Waals surface area contributed by atoms with E-state index < -0.39 is 0 Å². The van der Waals surface area contributed by atoms with Crippen LogP contribution in [-0.2, 0) is 4.79 Å². The van der Waals surface area contributed by atoms with Crippen LogP contribution in [0.25, 0.3) is 11.1 Å². The Morgan fingerprint density at radius 1 is 0.759 bits per heavy atom. The van der Waals surface area contributed by atoms with Gasteiger partial charge in [0, 0.05) is 23.5 Å². The third-order valence-corrected chi connectivity index (χ3v) is 4.39. The first kappa shape index (κ1) is 20.1. The molecule has 0 spiro atoms. The Hall–Kier alpha value is -3.67. The van der Waals surface area contributed by atoms with Gasteiger partial charge in [-0.05, 0) is 23.3 Å². The monoisotopic (exact) mass is 392 g/mol. The highest BCUT2D eigenvalue weighted by Crippen LogP contribution is 2.39. The minimum atomic E-state index is -0.189. The zero-order valence-electron chi connectivity index (χ0n) is 16.7. The van der Waals surface area contributed by atoms with Gasteiger partial charge in [0.05, 0.1) is 27.9 Å². The number of nitrogens with one attached hydrogen (secondary N) is 2. The Balaban J connectivity index is 1.61. The first-order valence-electron chi connectivity index (χ1n) is 9.14. The molecule has 0 saturated carbocycles. The van der Waals surface area contributed by atoms with Crippen molar-refractivity contribution >= 4 is 17.3 Å². The number of carbonyl (C=O) groups excluding carboxylic acids is 1. The largest absolute Gasteiger partial charge is 0.493 e. The molecule has 0 radical (unpaired) electrons. The molecule has 0 bridgehead atoms. The Kier molecular flexibility index (Phi) is 6.58. The van der Waals surface area contributed by atoms with Crippen LogP contribution < -0.4 is 24.8 Å². The second-order valence-electron chi connectivity index (χ2n) is 6.26. The van der Waals surface area contributed by atoms with Crippen LogP contribution in [0.2, 0.25) is 0 Å². The van der Waals surface area contributed by atoms with Crippen molar-refractivity contribution < 1.29 is 19.0 Å². The van der Waals surface area contributed by atoms with E-state index in [4.69, 9.17) is 14.2 Å². The zero-order valence-corrected chi connectivity index (χ0v) is 16.7. The number of rotatable bonds is 8. The van der Waals surface area contributed by atoms with Crippen molar-refractivity contribution in [3.8, 4) is 28.4 Å². The van der Waals surface area contributed by atoms with Crippen molar-refractivity contribution in [1.82, 2.24) is 0 Å². The summed E-state index contributed by atoms with van der Waals surface area (Å²) in [6.07, 6.45) is 0. The van der Waals surface area contributed by atoms with E-state index >= 15 is 0 Å². The molecule has 0 atom stereocenters. The van der Waals surface area contributed by atoms with E-state index in [0.29, 0.717) is 22.9 Å². The molecular weight excluding hydrogens is 368 g/mol. The fourth-order valence-electron chi connectivity index (χ4n) is 2.95. The van der Waals surface area contributed by atoms with Crippen molar-refractivity contribution in [2.24, 2.45) is 0 Å². The van der Waals surface area contributed by atoms with Crippen LogP contribution in [0.5, 0.6) is 17.2 Å². The van der Waals surface area contributed by atoms with E-state index in [1.807, 2.05) is 42.5 Å². The minimum absolute atomic E-state index is 0.126. The summed E-state index contributed by atoms with van der Waals surface area (Å²) in [7, 11) is 4.60. The number of carbonyl (C=O) groups is 1. The van der Waals surface area contributed by atoms with Gasteiger partial charge in [-0.25, -0.2) is 0 Å². The van der Waals surface area contributed by atoms with Crippen LogP contribution in [0.15, 0.2) is 66.7 Å². The molecule has 0 aliphatic rings. The van der Waals surface area contributed by atoms with E-state index in [9.17, 15) is 4.79 Å². The Morgan fingerprint density at radius 3 is 1.90 bits per heavy atom. The molecule has 0 unspecified atom stereocenters. The molecule has 0 aliphatic carbocycles. The summed E-state index contributed by atoms with van der Waals surface area (Å²) < 4.78 is 15.9. The molecule has 3 aromatic carbocycles. The van der Waals surface area contributed by atoms with Crippen molar-refractivity contribution in [3.05, 3.63) is 66.7 Å². The predicted octanol–water partition coefficient (Wildman–Crippen LogP) is 4.43. The van der Waals surface area contributed by atoms with Gasteiger partial charge in [0.2, 0.25) is 11.7 Å². The van der Waals surface area contributed by atoms with Crippen molar-refractivity contribution in [2.75, 3.05) is 38.5 Å². The number of methoxy groups -OCH3 is 3. The standard InChI is InChI=1S/C23H24N2O4/c1-27-20-13-19(14-21(28-2)23(20)29-3)25-22(26)15-24-18-11-9-17(10-12-18)16-7-5-4-6-8-16/h4-14,24H,15H2,1-3H3,(H,25,26). The Morgan fingerprint density at radius 2 is 1.34 bits per heavy atom. The molecule has 3 rings (SSSR count). The molecule has 0 aromatic heterocycles. The number of amides is 1. The smallest absolute Gasteiger partial charge is 0.243 e. The third kappa shape index (κ3) is 4.99. The van der Waals surface area contributed by atoms with E-state index in [1.165, 1.54) is 21.3 Å². The molecule has 150 valence electrons. The van der Waals surface area contributed by atoms with Gasteiger partial charge in [0.1, 0.15) is 0 Å². The fraction of sp³-hybridized carbons (Fsp3) is 0.174. The maximum atomic E-state index is 12.3. The lowest BCUT2D eigenvalue weighted by molar-refractivity contribution is -0.114. The lowest BCUT2D eigenvalue weighted by atomic mass is 10.1. The zero-order chi connectivity index (χ0) is 20.6. The second-order valence-corrected chi connectivity index (χ2v) is 6.26. The number of ether oxygens (including phenoxy) is 3. The molecule has 0 aliphatic heterocycles. The summed E-state index contributed by atoms with van der Waals surface area (Å²) in [4.78, 5) is 12.3. The maximum absolute atomic E-state index is 12.3. The number of hydrogen-bond acceptors (Lipinski definition) is 5. The normalized spacial score (nSPS) is 10.2. The van der Waals surface area contributed by atoms with Crippen molar-refractivity contribution in [2.45, 2.75) is 0 Å². The molecule has 0 heterocycles. The van der Waals surface area contributed by atoms with Crippen molar-refractivity contribution in [1.29, 1.82) is 0 Å². The Bertz CT molecular complexity index is 931. The summed E-state index contributed by atoms with van der Waals surface area (Å²) in [5.41, 5.74) is 3.70. The van der Waals surface area contributed by atoms with Crippen LogP contribution in [-0.4, -0.2) is 33.8 Å². The van der Waals surface area contributed by atoms with Gasteiger partial charge in [0.25, 0.3) is 0 Å². The average Bonchev–Trinajstić information content (AvgIpc) is 2.78. The van der Waals surface area contributed by atoms with Gasteiger partial charge >= 0.3 is 0 Å². The molecule has 6 nitrogen and oxygen atoms in total. The van der Waals surface area contributed by atoms with Gasteiger partial charge in [-0.3, -0.25) is 4.79 Å². The lowest BCUT2D eigenvalue weighted by Gasteiger charge is -2.15. The van der Waals surface area contributed by atoms with E-state index in [0.717, 1.165) is 16.8 Å². The quantitative estimate of drug-likeness (QED) is 0.594. The van der Waals surface area contributed by atoms with Crippen LogP contribution in [0.4, 0.5) is 11.4 Å². The molecule has 0 saturated heterocycles. The molecular formula is C23H24N2O4. The first-order chi connectivity index (χ1) is 14.1. The van der Waals surface area contributed by atoms with Crippen LogP contribution in [0.3, 0.4) is 0 Å². The minimum Gasteiger partial charge on any atom is -0.493 e. The fourth-order valence-corrected chi connectivity index (χ4v) is 2.95. The van der Waals surface area contributed by atoms with Gasteiger partial charge in [-0.15, -0.1) is 0 Å². The summed E-state index contributed by atoms with van der Waals surface area (Å²) in [6, 6.07) is 21.5. The van der Waals surface area contributed by atoms with Gasteiger partial charge in [-0.2, -0.15) is 0 Å². The molecule has 29 heavy (non-hydrogen) atoms. The van der Waals surface area contributed by atoms with Crippen LogP contribution in [0, 0.1) is 0 Å². The summed E-state index contributed by atoms with van der Waals surface area (Å²) in [5.74, 6) is 1.24. The maximum Gasteiger partial charge on any atom is 0.243 e. The first-order valence-corrected chi connectivity index (χ1v) is 9.14. The van der Waals surface area contributed by atoms with Gasteiger partial charge in [-0.1, -0.05) is 42.5 Å². The SMILES string of the molecule is COc1cc(NC(=O)CNc2ccc(-c3ccccc3)cc2)cc(OC)c1OC. The highest BCUT2D eigenvalue weighted by Gasteiger charge is 2.14. The summed E-state index contributed by atoms with van der Waals surface area (Å²) in [5, 5.41) is 5.96. The number of anilines is 2. The molecule has 1 amide bonds. The van der Waals surface area contributed by atoms with Gasteiger partial charge in [0.15, 0.2) is 11.5 Å². The highest BCUT2D eigenvalue weighted by atomic mass is 16.5. The van der Waals surface area contributed by atoms with E-state index in [-0.39, 0.29) is 12.5 Å². The molecule has 2 N–H and O–H groups in total. The predicted molar refractivity (Wildman–Crippen MR) is 115 cm³/mol. The molecule has 6 heteroatoms. The Labute approximate surface area is 170 Å². The summed E-state index contributed by atoms with van der Waals surface area (Å²) in [6.45, 7) is 0.126.